The minimum atomic E-state index is 1.12. The molecular weight excluding hydrogens is 306 g/mol. The summed E-state index contributed by atoms with van der Waals surface area (Å²) in [7, 11) is 0. The van der Waals surface area contributed by atoms with Gasteiger partial charge in [-0.3, -0.25) is 5.10 Å². The molecule has 126 valence electrons. The molecule has 0 atom stereocenters. The molecule has 2 aliphatic rings. The summed E-state index contributed by atoms with van der Waals surface area (Å²) in [5.74, 6) is 0. The third kappa shape index (κ3) is 3.14. The van der Waals surface area contributed by atoms with Crippen LogP contribution in [0.15, 0.2) is 60.7 Å². The maximum atomic E-state index is 3.56. The van der Waals surface area contributed by atoms with E-state index in [1.54, 1.807) is 11.1 Å². The molecule has 1 aromatic heterocycles. The molecule has 0 fully saturated rings. The fourth-order valence-electron chi connectivity index (χ4n) is 3.86. The third-order valence-corrected chi connectivity index (χ3v) is 5.18. The van der Waals surface area contributed by atoms with Gasteiger partial charge >= 0.3 is 0 Å². The van der Waals surface area contributed by atoms with Crippen molar-refractivity contribution < 1.29 is 0 Å². The van der Waals surface area contributed by atoms with Gasteiger partial charge < -0.3 is 0 Å². The Morgan fingerprint density at radius 3 is 2.76 bits per heavy atom. The van der Waals surface area contributed by atoms with Gasteiger partial charge in [0.15, 0.2) is 0 Å². The first-order valence-electron chi connectivity index (χ1n) is 9.09. The number of allylic oxidation sites excluding steroid dienone is 4. The van der Waals surface area contributed by atoms with E-state index >= 15 is 0 Å². The lowest BCUT2D eigenvalue weighted by atomic mass is 9.79. The number of nitrogens with one attached hydrogen (secondary N) is 1. The van der Waals surface area contributed by atoms with E-state index < -0.39 is 0 Å². The van der Waals surface area contributed by atoms with Crippen LogP contribution in [0.1, 0.15) is 42.9 Å². The zero-order chi connectivity index (χ0) is 17.1. The fourth-order valence-corrected chi connectivity index (χ4v) is 3.86. The molecule has 2 aliphatic carbocycles. The number of aryl methyl sites for hydroxylation is 2. The number of aromatic amines is 1. The van der Waals surface area contributed by atoms with E-state index in [0.717, 1.165) is 6.42 Å². The standard InChI is InChI=1S/C20H20.C2H3N3/c1-2-14-7-8-16-10-11-18-17-6-4-3-5-15(17)9-12-19(18)20(16)13-14;1-3-2-5-4-1/h4,6-8,10-11,13H,2-3,5,9,12H2,1H3;1-2H,(H,3,4,5). The van der Waals surface area contributed by atoms with Gasteiger partial charge in [-0.15, -0.1) is 0 Å². The Hall–Kier alpha value is -2.68. The topological polar surface area (TPSA) is 41.6 Å². The summed E-state index contributed by atoms with van der Waals surface area (Å²) in [5, 5.41) is 8.86. The van der Waals surface area contributed by atoms with Crippen molar-refractivity contribution >= 4 is 16.3 Å². The van der Waals surface area contributed by atoms with Gasteiger partial charge in [0.25, 0.3) is 0 Å². The quantitative estimate of drug-likeness (QED) is 0.662. The second-order valence-corrected chi connectivity index (χ2v) is 6.61. The SMILES string of the molecule is CCc1ccc2ccc3c(c2c1)CCC1=C3C=CCC1.c1nc[nH]n1. The van der Waals surface area contributed by atoms with E-state index in [1.807, 2.05) is 0 Å². The van der Waals surface area contributed by atoms with Crippen LogP contribution in [0, 0.1) is 0 Å². The lowest BCUT2D eigenvalue weighted by Crippen LogP contribution is -2.07. The van der Waals surface area contributed by atoms with E-state index in [-0.39, 0.29) is 0 Å². The van der Waals surface area contributed by atoms with Crippen molar-refractivity contribution in [2.24, 2.45) is 0 Å². The molecule has 0 saturated heterocycles. The van der Waals surface area contributed by atoms with Crippen molar-refractivity contribution in [1.29, 1.82) is 0 Å². The molecule has 1 heterocycles. The molecule has 1 N–H and O–H groups in total. The highest BCUT2D eigenvalue weighted by atomic mass is 15.2. The first-order valence-corrected chi connectivity index (χ1v) is 9.09. The van der Waals surface area contributed by atoms with Gasteiger partial charge in [-0.2, -0.15) is 5.10 Å². The maximum Gasteiger partial charge on any atom is 0.137 e. The van der Waals surface area contributed by atoms with Crippen LogP contribution >= 0.6 is 0 Å². The maximum absolute atomic E-state index is 3.56. The van der Waals surface area contributed by atoms with Gasteiger partial charge in [-0.1, -0.05) is 55.0 Å². The highest BCUT2D eigenvalue weighted by molar-refractivity contribution is 5.94. The van der Waals surface area contributed by atoms with Crippen LogP contribution in [0.4, 0.5) is 0 Å². The van der Waals surface area contributed by atoms with Crippen LogP contribution in [0.3, 0.4) is 0 Å². The Morgan fingerprint density at radius 2 is 2.00 bits per heavy atom. The van der Waals surface area contributed by atoms with Gasteiger partial charge in [-0.05, 0) is 65.1 Å². The van der Waals surface area contributed by atoms with Gasteiger partial charge in [0, 0.05) is 0 Å². The second kappa shape index (κ2) is 7.06. The molecule has 3 nitrogen and oxygen atoms in total. The zero-order valence-electron chi connectivity index (χ0n) is 14.6. The van der Waals surface area contributed by atoms with Gasteiger partial charge in [0.1, 0.15) is 12.7 Å². The Labute approximate surface area is 148 Å². The number of benzene rings is 2. The highest BCUT2D eigenvalue weighted by Crippen LogP contribution is 2.39. The van der Waals surface area contributed by atoms with Crippen LogP contribution in [0.2, 0.25) is 0 Å². The van der Waals surface area contributed by atoms with E-state index in [1.165, 1.54) is 65.8 Å². The molecule has 0 spiro atoms. The van der Waals surface area contributed by atoms with Crippen LogP contribution in [0.25, 0.3) is 16.3 Å². The first kappa shape index (κ1) is 15.8. The van der Waals surface area contributed by atoms with E-state index in [9.17, 15) is 0 Å². The van der Waals surface area contributed by atoms with Crippen LogP contribution in [-0.4, -0.2) is 15.2 Å². The molecule has 3 heteroatoms. The number of fused-ring (bicyclic) bond motifs is 4. The number of rotatable bonds is 1. The Balaban J connectivity index is 0.000000272. The van der Waals surface area contributed by atoms with Crippen molar-refractivity contribution in [2.75, 3.05) is 0 Å². The Bertz CT molecular complexity index is 916. The van der Waals surface area contributed by atoms with Gasteiger partial charge in [0.2, 0.25) is 0 Å². The number of hydrogen-bond acceptors (Lipinski definition) is 2. The average Bonchev–Trinajstić information content (AvgIpc) is 3.27. The summed E-state index contributed by atoms with van der Waals surface area (Å²) in [4.78, 5) is 3.56. The predicted octanol–water partition coefficient (Wildman–Crippen LogP) is 5.26. The lowest BCUT2D eigenvalue weighted by Gasteiger charge is -2.25. The molecule has 0 saturated carbocycles. The number of aromatic nitrogens is 3. The van der Waals surface area contributed by atoms with Crippen molar-refractivity contribution in [1.82, 2.24) is 15.2 Å². The number of H-pyrrole nitrogens is 1. The molecule has 0 bridgehead atoms. The minimum Gasteiger partial charge on any atom is -0.266 e. The molecule has 25 heavy (non-hydrogen) atoms. The summed E-state index contributed by atoms with van der Waals surface area (Å²) >= 11 is 0. The Morgan fingerprint density at radius 1 is 1.08 bits per heavy atom. The molecule has 0 unspecified atom stereocenters. The second-order valence-electron chi connectivity index (χ2n) is 6.61. The zero-order valence-corrected chi connectivity index (χ0v) is 14.6. The third-order valence-electron chi connectivity index (χ3n) is 5.18. The first-order chi connectivity index (χ1) is 12.4. The van der Waals surface area contributed by atoms with Crippen molar-refractivity contribution in [3.8, 4) is 0 Å². The molecule has 3 aromatic rings. The smallest absolute Gasteiger partial charge is 0.137 e. The highest BCUT2D eigenvalue weighted by Gasteiger charge is 2.20. The number of nitrogens with zero attached hydrogens (tertiary/aromatic N) is 2. The molecule has 5 rings (SSSR count). The predicted molar refractivity (Wildman–Crippen MR) is 103 cm³/mol. The Kier molecular flexibility index (Phi) is 4.47. The number of hydrogen-bond donors (Lipinski definition) is 1. The molecule has 0 aliphatic heterocycles. The minimum absolute atomic E-state index is 1.12. The normalized spacial score (nSPS) is 15.4. The van der Waals surface area contributed by atoms with Crippen LogP contribution in [-0.2, 0) is 12.8 Å². The van der Waals surface area contributed by atoms with E-state index in [4.69, 9.17) is 0 Å². The average molecular weight is 329 g/mol. The van der Waals surface area contributed by atoms with E-state index in [0.29, 0.717) is 0 Å². The van der Waals surface area contributed by atoms with Crippen molar-refractivity contribution in [3.05, 3.63) is 77.4 Å². The van der Waals surface area contributed by atoms with Crippen molar-refractivity contribution in [2.45, 2.75) is 39.0 Å². The summed E-state index contributed by atoms with van der Waals surface area (Å²) in [6.45, 7) is 2.24. The summed E-state index contributed by atoms with van der Waals surface area (Å²) < 4.78 is 0. The summed E-state index contributed by atoms with van der Waals surface area (Å²) in [6, 6.07) is 11.6. The van der Waals surface area contributed by atoms with Crippen molar-refractivity contribution in [3.63, 3.8) is 0 Å². The molecule has 0 radical (unpaired) electrons. The summed E-state index contributed by atoms with van der Waals surface area (Å²) in [6.07, 6.45) is 13.7. The molecular formula is C22H23N3. The van der Waals surface area contributed by atoms with Gasteiger partial charge in [-0.25, -0.2) is 4.98 Å². The van der Waals surface area contributed by atoms with Crippen LogP contribution in [0.5, 0.6) is 0 Å². The largest absolute Gasteiger partial charge is 0.266 e. The van der Waals surface area contributed by atoms with Crippen LogP contribution < -0.4 is 0 Å². The van der Waals surface area contributed by atoms with E-state index in [2.05, 4.69) is 64.6 Å². The molecule has 2 aromatic carbocycles. The monoisotopic (exact) mass is 329 g/mol. The molecule has 0 amide bonds. The lowest BCUT2D eigenvalue weighted by molar-refractivity contribution is 0.831. The summed E-state index contributed by atoms with van der Waals surface area (Å²) in [5.41, 5.74) is 7.70. The van der Waals surface area contributed by atoms with Gasteiger partial charge in [0.05, 0.1) is 0 Å². The fraction of sp³-hybridized carbons (Fsp3) is 0.273.